The average Bonchev–Trinajstić information content (AvgIpc) is 2.73. The van der Waals surface area contributed by atoms with E-state index >= 15 is 0 Å². The molecule has 0 N–H and O–H groups in total. The molecule has 20 heavy (non-hydrogen) atoms. The molecule has 1 unspecified atom stereocenters. The van der Waals surface area contributed by atoms with Gasteiger partial charge in [0.05, 0.1) is 6.10 Å². The third kappa shape index (κ3) is 4.52. The topological polar surface area (TPSA) is 65.4 Å². The first kappa shape index (κ1) is 17.0. The fraction of sp³-hybridized carbons (Fsp3) is 0.615. The zero-order valence-electron chi connectivity index (χ0n) is 11.9. The maximum atomic E-state index is 12.1. The number of carbonyl (C=O) groups excluding carboxylic acids is 1. The Kier molecular flexibility index (Phi) is 6.07. The molecule has 1 aromatic heterocycles. The Hall–Kier alpha value is -1.01. The minimum atomic E-state index is -3.85. The first-order valence-corrected chi connectivity index (χ1v) is 8.96. The van der Waals surface area contributed by atoms with Crippen molar-refractivity contribution in [3.8, 4) is 0 Å². The molecule has 0 aliphatic rings. The zero-order valence-corrected chi connectivity index (χ0v) is 13.5. The van der Waals surface area contributed by atoms with Crippen LogP contribution in [0.3, 0.4) is 0 Å². The highest BCUT2D eigenvalue weighted by Crippen LogP contribution is 2.20. The summed E-state index contributed by atoms with van der Waals surface area (Å²) in [7, 11) is 1.46. The van der Waals surface area contributed by atoms with Gasteiger partial charge in [0, 0.05) is 23.4 Å². The fourth-order valence-electron chi connectivity index (χ4n) is 1.92. The highest BCUT2D eigenvalue weighted by atomic mass is 35.7. The number of rotatable bonds is 7. The predicted octanol–water partition coefficient (Wildman–Crippen LogP) is 3.17. The summed E-state index contributed by atoms with van der Waals surface area (Å²) in [6.07, 6.45) is 3.61. The van der Waals surface area contributed by atoms with Crippen molar-refractivity contribution >= 4 is 25.7 Å². The van der Waals surface area contributed by atoms with Crippen LogP contribution in [0.25, 0.3) is 0 Å². The van der Waals surface area contributed by atoms with Gasteiger partial charge in [0.2, 0.25) is 0 Å². The first-order chi connectivity index (χ1) is 9.29. The number of nitrogens with zero attached hydrogens (tertiary/aromatic N) is 1. The highest BCUT2D eigenvalue weighted by molar-refractivity contribution is 8.13. The van der Waals surface area contributed by atoms with E-state index in [0.717, 1.165) is 19.3 Å². The summed E-state index contributed by atoms with van der Waals surface area (Å²) in [5, 5.41) is 0. The van der Waals surface area contributed by atoms with Crippen LogP contribution in [0.1, 0.15) is 50.5 Å². The molecule has 0 saturated carbocycles. The second kappa shape index (κ2) is 7.13. The van der Waals surface area contributed by atoms with E-state index in [2.05, 4.69) is 0 Å². The van der Waals surface area contributed by atoms with Crippen LogP contribution in [-0.4, -0.2) is 25.1 Å². The van der Waals surface area contributed by atoms with Gasteiger partial charge in [0.15, 0.2) is 0 Å². The Morgan fingerprint density at radius 3 is 2.55 bits per heavy atom. The lowest BCUT2D eigenvalue weighted by atomic mass is 10.2. The van der Waals surface area contributed by atoms with Gasteiger partial charge in [-0.2, -0.15) is 0 Å². The summed E-state index contributed by atoms with van der Waals surface area (Å²) < 4.78 is 29.6. The number of carbonyl (C=O) groups is 1. The number of hydrogen-bond donors (Lipinski definition) is 0. The molecule has 7 heteroatoms. The van der Waals surface area contributed by atoms with E-state index < -0.39 is 15.0 Å². The van der Waals surface area contributed by atoms with Crippen LogP contribution in [0.2, 0.25) is 0 Å². The largest absolute Gasteiger partial charge is 0.458 e. The molecule has 0 aliphatic heterocycles. The zero-order chi connectivity index (χ0) is 15.3. The Balaban J connectivity index is 3.03. The SMILES string of the molecule is CCCC(C)OC(=O)c1cc(S(=O)(=O)Cl)cn1CCC. The third-order valence-corrected chi connectivity index (χ3v) is 4.15. The van der Waals surface area contributed by atoms with E-state index in [0.29, 0.717) is 6.54 Å². The van der Waals surface area contributed by atoms with E-state index in [1.807, 2.05) is 20.8 Å². The van der Waals surface area contributed by atoms with Gasteiger partial charge in [-0.1, -0.05) is 20.3 Å². The Morgan fingerprint density at radius 1 is 1.40 bits per heavy atom. The van der Waals surface area contributed by atoms with E-state index in [1.54, 1.807) is 4.57 Å². The minimum absolute atomic E-state index is 0.0808. The number of aryl methyl sites for hydroxylation is 1. The molecular formula is C13H20ClNO4S. The third-order valence-electron chi connectivity index (χ3n) is 2.83. The Labute approximate surface area is 124 Å². The fourth-order valence-corrected chi connectivity index (χ4v) is 2.68. The molecule has 1 aromatic rings. The van der Waals surface area contributed by atoms with Crippen LogP contribution in [0, 0.1) is 0 Å². The molecule has 0 aromatic carbocycles. The van der Waals surface area contributed by atoms with Crippen molar-refractivity contribution in [2.45, 2.75) is 57.6 Å². The summed E-state index contributed by atoms with van der Waals surface area (Å²) in [5.41, 5.74) is 0.217. The summed E-state index contributed by atoms with van der Waals surface area (Å²) in [4.78, 5) is 12.0. The van der Waals surface area contributed by atoms with Crippen LogP contribution in [0.5, 0.6) is 0 Å². The van der Waals surface area contributed by atoms with Gasteiger partial charge in [-0.15, -0.1) is 0 Å². The monoisotopic (exact) mass is 321 g/mol. The Morgan fingerprint density at radius 2 is 2.05 bits per heavy atom. The summed E-state index contributed by atoms with van der Waals surface area (Å²) >= 11 is 0. The molecule has 114 valence electrons. The number of ether oxygens (including phenoxy) is 1. The van der Waals surface area contributed by atoms with Gasteiger partial charge in [0.1, 0.15) is 10.6 Å². The first-order valence-electron chi connectivity index (χ1n) is 6.65. The van der Waals surface area contributed by atoms with E-state index in [4.69, 9.17) is 15.4 Å². The number of aromatic nitrogens is 1. The molecule has 0 saturated heterocycles. The standard InChI is InChI=1S/C13H20ClNO4S/c1-4-6-10(3)19-13(16)12-8-11(20(14,17)18)9-15(12)7-5-2/h8-10H,4-7H2,1-3H3. The number of hydrogen-bond acceptors (Lipinski definition) is 4. The molecule has 0 fully saturated rings. The van der Waals surface area contributed by atoms with Crippen LogP contribution in [-0.2, 0) is 20.3 Å². The summed E-state index contributed by atoms with van der Waals surface area (Å²) in [6, 6.07) is 1.26. The van der Waals surface area contributed by atoms with Gasteiger partial charge in [-0.3, -0.25) is 0 Å². The molecule has 0 spiro atoms. The average molecular weight is 322 g/mol. The van der Waals surface area contributed by atoms with Crippen molar-refractivity contribution < 1.29 is 17.9 Å². The predicted molar refractivity (Wildman–Crippen MR) is 77.5 cm³/mol. The molecule has 0 aliphatic carbocycles. The Bertz CT molecular complexity index is 565. The minimum Gasteiger partial charge on any atom is -0.458 e. The quantitative estimate of drug-likeness (QED) is 0.571. The van der Waals surface area contributed by atoms with Crippen LogP contribution < -0.4 is 0 Å². The molecule has 0 radical (unpaired) electrons. The summed E-state index contributed by atoms with van der Waals surface area (Å²) in [5.74, 6) is -0.522. The van der Waals surface area contributed by atoms with Crippen molar-refractivity contribution in [1.29, 1.82) is 0 Å². The van der Waals surface area contributed by atoms with Gasteiger partial charge in [-0.05, 0) is 25.8 Å². The lowest BCUT2D eigenvalue weighted by Crippen LogP contribution is -2.17. The van der Waals surface area contributed by atoms with Crippen molar-refractivity contribution in [3.05, 3.63) is 18.0 Å². The van der Waals surface area contributed by atoms with Gasteiger partial charge < -0.3 is 9.30 Å². The van der Waals surface area contributed by atoms with Crippen LogP contribution in [0.4, 0.5) is 0 Å². The molecular weight excluding hydrogens is 302 g/mol. The smallest absolute Gasteiger partial charge is 0.355 e. The number of halogens is 1. The van der Waals surface area contributed by atoms with E-state index in [1.165, 1.54) is 12.3 Å². The molecule has 1 rings (SSSR count). The normalized spacial score (nSPS) is 13.2. The maximum Gasteiger partial charge on any atom is 0.355 e. The maximum absolute atomic E-state index is 12.1. The van der Waals surface area contributed by atoms with Crippen LogP contribution >= 0.6 is 10.7 Å². The summed E-state index contributed by atoms with van der Waals surface area (Å²) in [6.45, 7) is 6.28. The molecule has 0 bridgehead atoms. The van der Waals surface area contributed by atoms with Crippen LogP contribution in [0.15, 0.2) is 17.2 Å². The lowest BCUT2D eigenvalue weighted by molar-refractivity contribution is 0.0311. The van der Waals surface area contributed by atoms with E-state index in [-0.39, 0.29) is 16.7 Å². The van der Waals surface area contributed by atoms with Gasteiger partial charge in [-0.25, -0.2) is 13.2 Å². The van der Waals surface area contributed by atoms with E-state index in [9.17, 15) is 13.2 Å². The van der Waals surface area contributed by atoms with Gasteiger partial charge in [0.25, 0.3) is 9.05 Å². The van der Waals surface area contributed by atoms with Crippen molar-refractivity contribution in [1.82, 2.24) is 4.57 Å². The second-order valence-electron chi connectivity index (χ2n) is 4.70. The molecule has 1 heterocycles. The van der Waals surface area contributed by atoms with Crippen molar-refractivity contribution in [3.63, 3.8) is 0 Å². The highest BCUT2D eigenvalue weighted by Gasteiger charge is 2.21. The van der Waals surface area contributed by atoms with Crippen molar-refractivity contribution in [2.24, 2.45) is 0 Å². The number of esters is 1. The molecule has 5 nitrogen and oxygen atoms in total. The van der Waals surface area contributed by atoms with Gasteiger partial charge >= 0.3 is 5.97 Å². The lowest BCUT2D eigenvalue weighted by Gasteiger charge is -2.13. The second-order valence-corrected chi connectivity index (χ2v) is 7.26. The molecule has 0 amide bonds. The molecule has 1 atom stereocenters. The van der Waals surface area contributed by atoms with Crippen molar-refractivity contribution in [2.75, 3.05) is 0 Å².